The number of carboxylic acid groups (broad SMARTS) is 1. The Kier molecular flexibility index (Phi) is 5.38. The Hall–Kier alpha value is -2.94. The molecule has 0 saturated carbocycles. The van der Waals surface area contributed by atoms with Crippen LogP contribution in [0.3, 0.4) is 0 Å². The number of nitrogens with one attached hydrogen (secondary N) is 1. The van der Waals surface area contributed by atoms with Gasteiger partial charge in [-0.1, -0.05) is 18.2 Å². The van der Waals surface area contributed by atoms with Crippen molar-refractivity contribution in [3.63, 3.8) is 0 Å². The standard InChI is InChI=1S/C16H16N2O6S/c1-11-2-6-13(18(21)22)10-15(11)17-25(23,24)14-7-3-12(4-8-14)5-9-16(19)20/h2-4,6-8,10,17H,5,9H2,1H3,(H,19,20). The molecule has 0 radical (unpaired) electrons. The Bertz CT molecular complexity index is 907. The molecule has 8 nitrogen and oxygen atoms in total. The van der Waals surface area contributed by atoms with Crippen molar-refractivity contribution >= 4 is 27.4 Å². The number of aliphatic carboxylic acids is 1. The zero-order chi connectivity index (χ0) is 18.6. The van der Waals surface area contributed by atoms with E-state index in [1.54, 1.807) is 6.92 Å². The Morgan fingerprint density at radius 2 is 1.84 bits per heavy atom. The second kappa shape index (κ2) is 7.31. The summed E-state index contributed by atoms with van der Waals surface area (Å²) in [6.07, 6.45) is 0.254. The van der Waals surface area contributed by atoms with Gasteiger partial charge in [0.25, 0.3) is 15.7 Å². The van der Waals surface area contributed by atoms with Crippen LogP contribution in [0.25, 0.3) is 0 Å². The van der Waals surface area contributed by atoms with E-state index in [4.69, 9.17) is 5.11 Å². The maximum atomic E-state index is 12.4. The van der Waals surface area contributed by atoms with Crippen molar-refractivity contribution in [2.75, 3.05) is 4.72 Å². The number of sulfonamides is 1. The Labute approximate surface area is 144 Å². The maximum Gasteiger partial charge on any atom is 0.303 e. The van der Waals surface area contributed by atoms with Crippen LogP contribution in [0.4, 0.5) is 11.4 Å². The fraction of sp³-hybridized carbons (Fsp3) is 0.188. The summed E-state index contributed by atoms with van der Waals surface area (Å²) >= 11 is 0. The van der Waals surface area contributed by atoms with Gasteiger partial charge in [-0.2, -0.15) is 0 Å². The summed E-state index contributed by atoms with van der Waals surface area (Å²) in [4.78, 5) is 20.8. The summed E-state index contributed by atoms with van der Waals surface area (Å²) in [5.41, 5.74) is 1.16. The van der Waals surface area contributed by atoms with Gasteiger partial charge in [0, 0.05) is 18.6 Å². The van der Waals surface area contributed by atoms with Crippen molar-refractivity contribution in [2.45, 2.75) is 24.7 Å². The van der Waals surface area contributed by atoms with Crippen LogP contribution in [-0.4, -0.2) is 24.4 Å². The zero-order valence-corrected chi connectivity index (χ0v) is 14.1. The largest absolute Gasteiger partial charge is 0.481 e. The molecule has 2 rings (SSSR count). The fourth-order valence-electron chi connectivity index (χ4n) is 2.12. The fourth-order valence-corrected chi connectivity index (χ4v) is 3.25. The third-order valence-electron chi connectivity index (χ3n) is 3.54. The van der Waals surface area contributed by atoms with Crippen LogP contribution in [0, 0.1) is 17.0 Å². The molecule has 0 bridgehead atoms. The van der Waals surface area contributed by atoms with E-state index < -0.39 is 20.9 Å². The quantitative estimate of drug-likeness (QED) is 0.574. The molecule has 0 atom stereocenters. The number of hydrogen-bond donors (Lipinski definition) is 2. The van der Waals surface area contributed by atoms with Crippen LogP contribution in [-0.2, 0) is 21.2 Å². The van der Waals surface area contributed by atoms with Gasteiger partial charge in [0.05, 0.1) is 15.5 Å². The molecule has 0 unspecified atom stereocenters. The number of nitrogens with zero attached hydrogens (tertiary/aromatic N) is 1. The van der Waals surface area contributed by atoms with E-state index in [-0.39, 0.29) is 22.7 Å². The van der Waals surface area contributed by atoms with Gasteiger partial charge in [-0.15, -0.1) is 0 Å². The van der Waals surface area contributed by atoms with Crippen molar-refractivity contribution in [1.82, 2.24) is 0 Å². The van der Waals surface area contributed by atoms with E-state index in [0.717, 1.165) is 6.07 Å². The number of benzene rings is 2. The topological polar surface area (TPSA) is 127 Å². The molecule has 0 spiro atoms. The number of hydrogen-bond acceptors (Lipinski definition) is 5. The molecule has 132 valence electrons. The number of non-ortho nitro benzene ring substituents is 1. The first-order valence-electron chi connectivity index (χ1n) is 7.27. The van der Waals surface area contributed by atoms with Crippen LogP contribution in [0.1, 0.15) is 17.5 Å². The van der Waals surface area contributed by atoms with Gasteiger partial charge in [-0.05, 0) is 36.6 Å². The van der Waals surface area contributed by atoms with E-state index in [1.165, 1.54) is 36.4 Å². The number of carboxylic acids is 1. The highest BCUT2D eigenvalue weighted by atomic mass is 32.2. The third kappa shape index (κ3) is 4.77. The van der Waals surface area contributed by atoms with Crippen LogP contribution >= 0.6 is 0 Å². The van der Waals surface area contributed by atoms with E-state index in [2.05, 4.69) is 4.72 Å². The highest BCUT2D eigenvalue weighted by Gasteiger charge is 2.17. The molecule has 2 N–H and O–H groups in total. The minimum absolute atomic E-state index is 0.0162. The van der Waals surface area contributed by atoms with Crippen molar-refractivity contribution in [3.8, 4) is 0 Å². The predicted molar refractivity (Wildman–Crippen MR) is 91.0 cm³/mol. The summed E-state index contributed by atoms with van der Waals surface area (Å²) in [7, 11) is -3.92. The molecule has 0 aromatic heterocycles. The molecule has 0 saturated heterocycles. The predicted octanol–water partition coefficient (Wildman–Crippen LogP) is 2.72. The Morgan fingerprint density at radius 1 is 1.20 bits per heavy atom. The highest BCUT2D eigenvalue weighted by Crippen LogP contribution is 2.24. The van der Waals surface area contributed by atoms with Crippen molar-refractivity contribution < 1.29 is 23.2 Å². The van der Waals surface area contributed by atoms with Crippen molar-refractivity contribution in [1.29, 1.82) is 0 Å². The average molecular weight is 364 g/mol. The minimum atomic E-state index is -3.92. The van der Waals surface area contributed by atoms with Gasteiger partial charge >= 0.3 is 5.97 Å². The molecule has 0 amide bonds. The summed E-state index contributed by atoms with van der Waals surface area (Å²) in [6, 6.07) is 9.73. The molecule has 2 aromatic carbocycles. The second-order valence-corrected chi connectivity index (χ2v) is 7.08. The first kappa shape index (κ1) is 18.4. The molecule has 0 heterocycles. The third-order valence-corrected chi connectivity index (χ3v) is 4.92. The number of rotatable bonds is 7. The number of nitro benzene ring substituents is 1. The summed E-state index contributed by atoms with van der Waals surface area (Å²) in [6.45, 7) is 1.64. The van der Waals surface area contributed by atoms with Crippen molar-refractivity contribution in [2.24, 2.45) is 0 Å². The number of carbonyl (C=O) groups is 1. The molecule has 0 aliphatic heterocycles. The van der Waals surface area contributed by atoms with Crippen LogP contribution in [0.15, 0.2) is 47.4 Å². The molecule has 0 aliphatic carbocycles. The van der Waals surface area contributed by atoms with Gasteiger partial charge in [0.2, 0.25) is 0 Å². The van der Waals surface area contributed by atoms with Gasteiger partial charge < -0.3 is 5.11 Å². The number of anilines is 1. The molecule has 2 aromatic rings. The first-order chi connectivity index (χ1) is 11.7. The molecule has 25 heavy (non-hydrogen) atoms. The maximum absolute atomic E-state index is 12.4. The van der Waals surface area contributed by atoms with E-state index in [9.17, 15) is 23.3 Å². The smallest absolute Gasteiger partial charge is 0.303 e. The van der Waals surface area contributed by atoms with E-state index in [0.29, 0.717) is 17.5 Å². The Morgan fingerprint density at radius 3 is 2.40 bits per heavy atom. The van der Waals surface area contributed by atoms with Crippen LogP contribution in [0.2, 0.25) is 0 Å². The number of aryl methyl sites for hydroxylation is 2. The molecule has 9 heteroatoms. The lowest BCUT2D eigenvalue weighted by Crippen LogP contribution is -2.14. The highest BCUT2D eigenvalue weighted by molar-refractivity contribution is 7.92. The van der Waals surface area contributed by atoms with Crippen molar-refractivity contribution in [3.05, 3.63) is 63.7 Å². The van der Waals surface area contributed by atoms with E-state index >= 15 is 0 Å². The number of nitro groups is 1. The lowest BCUT2D eigenvalue weighted by atomic mass is 10.1. The SMILES string of the molecule is Cc1ccc([N+](=O)[O-])cc1NS(=O)(=O)c1ccc(CCC(=O)O)cc1. The molecule has 0 aliphatic rings. The normalized spacial score (nSPS) is 11.1. The molecular weight excluding hydrogens is 348 g/mol. The monoisotopic (exact) mass is 364 g/mol. The Balaban J connectivity index is 2.23. The molecular formula is C16H16N2O6S. The minimum Gasteiger partial charge on any atom is -0.481 e. The lowest BCUT2D eigenvalue weighted by Gasteiger charge is -2.11. The second-order valence-electron chi connectivity index (χ2n) is 5.40. The first-order valence-corrected chi connectivity index (χ1v) is 8.76. The lowest BCUT2D eigenvalue weighted by molar-refractivity contribution is -0.384. The van der Waals surface area contributed by atoms with Crippen LogP contribution in [0.5, 0.6) is 0 Å². The van der Waals surface area contributed by atoms with Gasteiger partial charge in [0.15, 0.2) is 0 Å². The molecule has 0 fully saturated rings. The summed E-state index contributed by atoms with van der Waals surface area (Å²) in [5.74, 6) is -0.931. The van der Waals surface area contributed by atoms with E-state index in [1.807, 2.05) is 0 Å². The summed E-state index contributed by atoms with van der Waals surface area (Å²) in [5, 5.41) is 19.5. The van der Waals surface area contributed by atoms with Crippen LogP contribution < -0.4 is 4.72 Å². The zero-order valence-electron chi connectivity index (χ0n) is 13.3. The van der Waals surface area contributed by atoms with Gasteiger partial charge in [0.1, 0.15) is 0 Å². The van der Waals surface area contributed by atoms with Gasteiger partial charge in [-0.3, -0.25) is 19.6 Å². The van der Waals surface area contributed by atoms with Gasteiger partial charge in [-0.25, -0.2) is 8.42 Å². The summed E-state index contributed by atoms with van der Waals surface area (Å²) < 4.78 is 27.2. The average Bonchev–Trinajstić information content (AvgIpc) is 2.55.